The summed E-state index contributed by atoms with van der Waals surface area (Å²) in [6, 6.07) is 15.0. The van der Waals surface area contributed by atoms with Crippen LogP contribution in [0.3, 0.4) is 0 Å². The molecule has 2 aromatic carbocycles. The highest BCUT2D eigenvalue weighted by atomic mass is 32.2. The zero-order valence-electron chi connectivity index (χ0n) is 22.1. The van der Waals surface area contributed by atoms with Crippen molar-refractivity contribution >= 4 is 21.6 Å². The Bertz CT molecular complexity index is 1480. The van der Waals surface area contributed by atoms with Crippen molar-refractivity contribution in [3.63, 3.8) is 0 Å². The number of carbonyl (C=O) groups excluding carboxylic acids is 1. The van der Waals surface area contributed by atoms with Crippen LogP contribution in [0, 0.1) is 5.82 Å². The third-order valence-corrected chi connectivity index (χ3v) is 9.31. The number of sulfonamides is 1. The van der Waals surface area contributed by atoms with Crippen molar-refractivity contribution in [2.45, 2.75) is 42.4 Å². The lowest BCUT2D eigenvalue weighted by molar-refractivity contribution is -0.121. The molecule has 1 unspecified atom stereocenters. The minimum Gasteiger partial charge on any atom is -0.497 e. The molecule has 39 heavy (non-hydrogen) atoms. The minimum atomic E-state index is -4.40. The van der Waals surface area contributed by atoms with Gasteiger partial charge in [0.15, 0.2) is 0 Å². The zero-order chi connectivity index (χ0) is 27.6. The molecule has 1 saturated heterocycles. The van der Waals surface area contributed by atoms with Crippen LogP contribution in [0.5, 0.6) is 11.6 Å². The number of carbonyl (C=O) groups is 1. The Balaban J connectivity index is 1.67. The number of halogens is 1. The normalized spacial score (nSPS) is 19.7. The maximum absolute atomic E-state index is 15.6. The summed E-state index contributed by atoms with van der Waals surface area (Å²) >= 11 is 0. The van der Waals surface area contributed by atoms with Crippen LogP contribution in [0.2, 0.25) is 0 Å². The van der Waals surface area contributed by atoms with E-state index >= 15 is 4.39 Å². The monoisotopic (exact) mass is 553 g/mol. The molecule has 0 N–H and O–H groups in total. The van der Waals surface area contributed by atoms with Crippen molar-refractivity contribution in [3.8, 4) is 11.6 Å². The first-order valence-electron chi connectivity index (χ1n) is 13.1. The summed E-state index contributed by atoms with van der Waals surface area (Å²) in [5.41, 5.74) is -1.30. The van der Waals surface area contributed by atoms with Gasteiger partial charge in [0.25, 0.3) is 15.9 Å². The Hall–Kier alpha value is -3.50. The number of ether oxygens (including phenoxy) is 2. The third-order valence-electron chi connectivity index (χ3n) is 7.62. The third kappa shape index (κ3) is 4.76. The number of methoxy groups -OCH3 is 2. The molecule has 0 saturated carbocycles. The Morgan fingerprint density at radius 1 is 0.974 bits per heavy atom. The molecule has 2 aliphatic rings. The standard InChI is InChI=1S/C29H32FN3O5S/c1-37-21-10-8-11-22(20-21)39(35,36)33-25-14-15-26(38-2)31-27(25)29(28(33)34,23-12-4-5-13-24(23)30)16-9-19-32-17-6-3-7-18-32/h4-5,8,10-15,20H,3,6-7,9,16-19H2,1-2H3. The van der Waals surface area contributed by atoms with E-state index in [-0.39, 0.29) is 34.1 Å². The quantitative estimate of drug-likeness (QED) is 0.385. The number of hydrogen-bond donors (Lipinski definition) is 0. The number of rotatable bonds is 9. The van der Waals surface area contributed by atoms with Crippen LogP contribution in [-0.2, 0) is 20.2 Å². The van der Waals surface area contributed by atoms with Gasteiger partial charge in [0, 0.05) is 17.7 Å². The summed E-state index contributed by atoms with van der Waals surface area (Å²) in [5, 5.41) is 0. The van der Waals surface area contributed by atoms with E-state index in [2.05, 4.69) is 9.88 Å². The van der Waals surface area contributed by atoms with E-state index in [1.807, 2.05) is 0 Å². The molecule has 0 spiro atoms. The van der Waals surface area contributed by atoms with E-state index in [4.69, 9.17) is 9.47 Å². The first kappa shape index (κ1) is 27.1. The SMILES string of the molecule is COc1cccc(S(=O)(=O)N2C(=O)C(CCCN3CCCCC3)(c3ccccc3F)c3nc(OC)ccc32)c1. The molecule has 1 atom stereocenters. The fourth-order valence-corrected chi connectivity index (χ4v) is 7.18. The molecule has 1 fully saturated rings. The molecule has 206 valence electrons. The van der Waals surface area contributed by atoms with Gasteiger partial charge in [-0.05, 0) is 69.6 Å². The van der Waals surface area contributed by atoms with Gasteiger partial charge >= 0.3 is 0 Å². The first-order valence-corrected chi connectivity index (χ1v) is 14.5. The number of fused-ring (bicyclic) bond motifs is 1. The molecule has 1 aromatic heterocycles. The molecule has 2 aliphatic heterocycles. The predicted molar refractivity (Wildman–Crippen MR) is 145 cm³/mol. The number of nitrogens with zero attached hydrogens (tertiary/aromatic N) is 3. The highest BCUT2D eigenvalue weighted by Gasteiger charge is 2.58. The second-order valence-corrected chi connectivity index (χ2v) is 11.7. The van der Waals surface area contributed by atoms with Gasteiger partial charge in [0.05, 0.1) is 30.5 Å². The topological polar surface area (TPSA) is 89.0 Å². The van der Waals surface area contributed by atoms with E-state index in [9.17, 15) is 13.2 Å². The summed E-state index contributed by atoms with van der Waals surface area (Å²) in [7, 11) is -1.52. The highest BCUT2D eigenvalue weighted by molar-refractivity contribution is 7.93. The van der Waals surface area contributed by atoms with Crippen molar-refractivity contribution < 1.29 is 27.1 Å². The second kappa shape index (κ2) is 10.9. The Morgan fingerprint density at radius 2 is 1.74 bits per heavy atom. The van der Waals surface area contributed by atoms with E-state index in [1.165, 1.54) is 51.0 Å². The number of likely N-dealkylation sites (tertiary alicyclic amines) is 1. The fourth-order valence-electron chi connectivity index (χ4n) is 5.68. The first-order chi connectivity index (χ1) is 18.8. The number of piperidine rings is 1. The van der Waals surface area contributed by atoms with Gasteiger partial charge in [-0.25, -0.2) is 17.8 Å². The molecule has 0 radical (unpaired) electrons. The van der Waals surface area contributed by atoms with Gasteiger partial charge in [-0.1, -0.05) is 30.7 Å². The Labute approximate surface area is 228 Å². The molecule has 10 heteroatoms. The molecule has 3 heterocycles. The average molecular weight is 554 g/mol. The summed E-state index contributed by atoms with van der Waals surface area (Å²) < 4.78 is 55.0. The molecule has 0 bridgehead atoms. The maximum atomic E-state index is 15.6. The summed E-state index contributed by atoms with van der Waals surface area (Å²) in [6.45, 7) is 2.66. The van der Waals surface area contributed by atoms with Crippen molar-refractivity contribution in [1.29, 1.82) is 0 Å². The van der Waals surface area contributed by atoms with Crippen LogP contribution in [0.1, 0.15) is 43.4 Å². The van der Waals surface area contributed by atoms with E-state index in [1.54, 1.807) is 30.3 Å². The minimum absolute atomic E-state index is 0.0878. The zero-order valence-corrected chi connectivity index (χ0v) is 22.9. The Morgan fingerprint density at radius 3 is 2.46 bits per heavy atom. The van der Waals surface area contributed by atoms with Gasteiger partial charge in [0.1, 0.15) is 17.0 Å². The van der Waals surface area contributed by atoms with Crippen LogP contribution in [0.15, 0.2) is 65.6 Å². The molecular formula is C29H32FN3O5S. The maximum Gasteiger partial charge on any atom is 0.271 e. The lowest BCUT2D eigenvalue weighted by Gasteiger charge is -2.31. The van der Waals surface area contributed by atoms with Crippen LogP contribution < -0.4 is 13.8 Å². The summed E-state index contributed by atoms with van der Waals surface area (Å²) in [4.78, 5) is 21.4. The average Bonchev–Trinajstić information content (AvgIpc) is 3.21. The number of aromatic nitrogens is 1. The van der Waals surface area contributed by atoms with Crippen molar-refractivity contribution in [2.24, 2.45) is 0 Å². The van der Waals surface area contributed by atoms with E-state index < -0.39 is 27.2 Å². The largest absolute Gasteiger partial charge is 0.497 e. The second-order valence-electron chi connectivity index (χ2n) is 9.87. The summed E-state index contributed by atoms with van der Waals surface area (Å²) in [5.74, 6) is -0.818. The number of hydrogen-bond acceptors (Lipinski definition) is 7. The van der Waals surface area contributed by atoms with Crippen LogP contribution >= 0.6 is 0 Å². The highest BCUT2D eigenvalue weighted by Crippen LogP contribution is 2.51. The van der Waals surface area contributed by atoms with Gasteiger partial charge in [0.2, 0.25) is 5.88 Å². The smallest absolute Gasteiger partial charge is 0.271 e. The van der Waals surface area contributed by atoms with Crippen molar-refractivity contribution in [3.05, 3.63) is 77.7 Å². The van der Waals surface area contributed by atoms with Gasteiger partial charge in [-0.15, -0.1) is 0 Å². The van der Waals surface area contributed by atoms with Gasteiger partial charge in [-0.2, -0.15) is 4.31 Å². The fraction of sp³-hybridized carbons (Fsp3) is 0.379. The van der Waals surface area contributed by atoms with E-state index in [0.717, 1.165) is 30.2 Å². The lowest BCUT2D eigenvalue weighted by Crippen LogP contribution is -2.45. The molecule has 0 aliphatic carbocycles. The molecule has 1 amide bonds. The molecule has 8 nitrogen and oxygen atoms in total. The van der Waals surface area contributed by atoms with Crippen molar-refractivity contribution in [1.82, 2.24) is 9.88 Å². The number of anilines is 1. The van der Waals surface area contributed by atoms with Gasteiger partial charge in [-0.3, -0.25) is 4.79 Å². The molecular weight excluding hydrogens is 521 g/mol. The molecule has 5 rings (SSSR count). The van der Waals surface area contributed by atoms with Crippen molar-refractivity contribution in [2.75, 3.05) is 38.2 Å². The van der Waals surface area contributed by atoms with Crippen LogP contribution in [-0.4, -0.2) is 58.1 Å². The number of benzene rings is 2. The van der Waals surface area contributed by atoms with E-state index in [0.29, 0.717) is 18.7 Å². The number of pyridine rings is 1. The molecule has 3 aromatic rings. The lowest BCUT2D eigenvalue weighted by atomic mass is 9.74. The predicted octanol–water partition coefficient (Wildman–Crippen LogP) is 4.53. The number of amides is 1. The summed E-state index contributed by atoms with van der Waals surface area (Å²) in [6.07, 6.45) is 4.16. The van der Waals surface area contributed by atoms with Crippen LogP contribution in [0.25, 0.3) is 0 Å². The van der Waals surface area contributed by atoms with Crippen LogP contribution in [0.4, 0.5) is 10.1 Å². The van der Waals surface area contributed by atoms with Gasteiger partial charge < -0.3 is 14.4 Å². The Kier molecular flexibility index (Phi) is 7.59.